The van der Waals surface area contributed by atoms with Crippen LogP contribution in [0.5, 0.6) is 0 Å². The quantitative estimate of drug-likeness (QED) is 0.433. The number of rotatable bonds is 2. The molecule has 0 saturated carbocycles. The molecule has 3 heterocycles. The molecule has 2 fully saturated rings. The maximum atomic E-state index is 11.6. The lowest BCUT2D eigenvalue weighted by Crippen LogP contribution is -2.37. The third kappa shape index (κ3) is 1.53. The number of hydrogen-bond donors (Lipinski definition) is 1. The average molecular weight is 251 g/mol. The van der Waals surface area contributed by atoms with Crippen molar-refractivity contribution < 1.29 is 9.47 Å². The summed E-state index contributed by atoms with van der Waals surface area (Å²) >= 11 is 0. The van der Waals surface area contributed by atoms with Gasteiger partial charge in [-0.1, -0.05) is 5.11 Å². The van der Waals surface area contributed by atoms with E-state index in [1.54, 1.807) is 0 Å². The van der Waals surface area contributed by atoms with Crippen molar-refractivity contribution in [3.05, 3.63) is 43.5 Å². The van der Waals surface area contributed by atoms with Gasteiger partial charge in [0.2, 0.25) is 0 Å². The van der Waals surface area contributed by atoms with Gasteiger partial charge in [0.25, 0.3) is 5.56 Å². The molecule has 1 N–H and O–H groups in total. The van der Waals surface area contributed by atoms with Gasteiger partial charge in [-0.15, -0.1) is 0 Å². The Morgan fingerprint density at radius 2 is 2.39 bits per heavy atom. The summed E-state index contributed by atoms with van der Waals surface area (Å²) < 4.78 is 12.2. The number of ether oxygens (including phenoxy) is 2. The molecule has 9 heteroatoms. The Labute approximate surface area is 99.6 Å². The van der Waals surface area contributed by atoms with Gasteiger partial charge in [-0.2, -0.15) is 0 Å². The number of nitrogens with one attached hydrogen (secondary N) is 1. The molecular formula is C9H9N5O4. The van der Waals surface area contributed by atoms with E-state index in [0.717, 1.165) is 0 Å². The first kappa shape index (κ1) is 11.0. The summed E-state index contributed by atoms with van der Waals surface area (Å²) in [6.07, 6.45) is -0.198. The summed E-state index contributed by atoms with van der Waals surface area (Å²) in [5.74, 6) is 0. The van der Waals surface area contributed by atoms with E-state index >= 15 is 0 Å². The number of aromatic amines is 1. The first-order valence-corrected chi connectivity index (χ1v) is 5.33. The molecule has 2 aliphatic rings. The fraction of sp³-hybridized carbons (Fsp3) is 0.556. The van der Waals surface area contributed by atoms with Crippen LogP contribution in [-0.4, -0.2) is 34.4 Å². The third-order valence-corrected chi connectivity index (χ3v) is 3.08. The van der Waals surface area contributed by atoms with E-state index < -0.39 is 29.6 Å². The van der Waals surface area contributed by atoms with Gasteiger partial charge < -0.3 is 9.47 Å². The van der Waals surface area contributed by atoms with Crippen molar-refractivity contribution in [1.82, 2.24) is 9.55 Å². The fourth-order valence-corrected chi connectivity index (χ4v) is 2.29. The highest BCUT2D eigenvalue weighted by Crippen LogP contribution is 2.38. The molecule has 0 spiro atoms. The molecule has 2 aliphatic heterocycles. The fourth-order valence-electron chi connectivity index (χ4n) is 2.29. The van der Waals surface area contributed by atoms with Crippen molar-refractivity contribution in [1.29, 1.82) is 0 Å². The number of aromatic nitrogens is 2. The summed E-state index contributed by atoms with van der Waals surface area (Å²) in [4.78, 5) is 27.5. The van der Waals surface area contributed by atoms with E-state index in [1.165, 1.54) is 16.8 Å². The van der Waals surface area contributed by atoms with Crippen LogP contribution in [0.1, 0.15) is 6.23 Å². The first-order valence-electron chi connectivity index (χ1n) is 5.33. The van der Waals surface area contributed by atoms with Gasteiger partial charge in [0.1, 0.15) is 6.10 Å². The van der Waals surface area contributed by atoms with Crippen LogP contribution < -0.4 is 11.2 Å². The zero-order valence-corrected chi connectivity index (χ0v) is 9.09. The molecule has 3 rings (SSSR count). The minimum Gasteiger partial charge on any atom is -0.370 e. The lowest BCUT2D eigenvalue weighted by molar-refractivity contribution is -0.128. The maximum Gasteiger partial charge on any atom is 0.330 e. The van der Waals surface area contributed by atoms with Crippen molar-refractivity contribution in [3.8, 4) is 0 Å². The van der Waals surface area contributed by atoms with Crippen LogP contribution in [0.15, 0.2) is 27.0 Å². The van der Waals surface area contributed by atoms with Gasteiger partial charge in [0.05, 0.1) is 18.8 Å². The molecule has 4 atom stereocenters. The highest BCUT2D eigenvalue weighted by molar-refractivity contribution is 5.01. The molecule has 0 aliphatic carbocycles. The van der Waals surface area contributed by atoms with Crippen molar-refractivity contribution in [2.45, 2.75) is 24.5 Å². The van der Waals surface area contributed by atoms with Gasteiger partial charge in [0.15, 0.2) is 6.23 Å². The molecule has 18 heavy (non-hydrogen) atoms. The summed E-state index contributed by atoms with van der Waals surface area (Å²) in [5, 5.41) is 3.61. The molecule has 1 aromatic rings. The number of azide groups is 1. The van der Waals surface area contributed by atoms with Crippen LogP contribution in [0.4, 0.5) is 0 Å². The van der Waals surface area contributed by atoms with Gasteiger partial charge in [-0.25, -0.2) is 4.79 Å². The van der Waals surface area contributed by atoms with Crippen molar-refractivity contribution in [2.75, 3.05) is 6.61 Å². The van der Waals surface area contributed by atoms with Gasteiger partial charge >= 0.3 is 5.69 Å². The minimum atomic E-state index is -0.677. The summed E-state index contributed by atoms with van der Waals surface area (Å²) in [6.45, 7) is 0.336. The predicted octanol–water partition coefficient (Wildman–Crippen LogP) is -0.488. The second kappa shape index (κ2) is 3.98. The number of nitrogens with zero attached hydrogens (tertiary/aromatic N) is 4. The highest BCUT2D eigenvalue weighted by Gasteiger charge is 2.51. The normalized spacial score (nSPS) is 33.3. The van der Waals surface area contributed by atoms with Crippen molar-refractivity contribution in [2.24, 2.45) is 5.11 Å². The van der Waals surface area contributed by atoms with E-state index in [2.05, 4.69) is 15.0 Å². The van der Waals surface area contributed by atoms with E-state index in [1.807, 2.05) is 0 Å². The first-order chi connectivity index (χ1) is 8.70. The van der Waals surface area contributed by atoms with Gasteiger partial charge in [-0.05, 0) is 5.53 Å². The Hall–Kier alpha value is -2.09. The monoisotopic (exact) mass is 251 g/mol. The van der Waals surface area contributed by atoms with E-state index in [9.17, 15) is 9.59 Å². The Morgan fingerprint density at radius 1 is 1.56 bits per heavy atom. The second-order valence-corrected chi connectivity index (χ2v) is 4.08. The molecule has 0 unspecified atom stereocenters. The summed E-state index contributed by atoms with van der Waals surface area (Å²) in [5.41, 5.74) is 7.41. The van der Waals surface area contributed by atoms with Crippen LogP contribution >= 0.6 is 0 Å². The molecule has 0 amide bonds. The van der Waals surface area contributed by atoms with Crippen LogP contribution in [0.3, 0.4) is 0 Å². The molecule has 1 aromatic heterocycles. The van der Waals surface area contributed by atoms with Crippen LogP contribution in [0.25, 0.3) is 10.4 Å². The molecule has 0 radical (unpaired) electrons. The predicted molar refractivity (Wildman–Crippen MR) is 57.9 cm³/mol. The Balaban J connectivity index is 1.98. The standard InChI is InChI=1S/C9H9N5O4/c10-13-12-6-4-3-17-7(6)8(18-4)14-2-1-5(15)11-9(14)16/h1-2,4,6-8H,3H2,(H,11,15,16)/t4-,6+,7+,8+/m0/s1. The molecule has 2 bridgehead atoms. The van der Waals surface area contributed by atoms with Gasteiger partial charge in [0, 0.05) is 17.2 Å². The van der Waals surface area contributed by atoms with Crippen LogP contribution in [0, 0.1) is 0 Å². The van der Waals surface area contributed by atoms with Crippen molar-refractivity contribution in [3.63, 3.8) is 0 Å². The Kier molecular flexibility index (Phi) is 2.44. The van der Waals surface area contributed by atoms with E-state index in [-0.39, 0.29) is 6.10 Å². The topological polar surface area (TPSA) is 122 Å². The highest BCUT2D eigenvalue weighted by atomic mass is 16.6. The van der Waals surface area contributed by atoms with Crippen LogP contribution in [-0.2, 0) is 9.47 Å². The SMILES string of the molecule is [N-]=[N+]=N[C@H]1[C@H]2OC[C@@H]1O[C@H]2n1ccc(=O)[nH]c1=O. The van der Waals surface area contributed by atoms with E-state index in [4.69, 9.17) is 15.0 Å². The van der Waals surface area contributed by atoms with Gasteiger partial charge in [-0.3, -0.25) is 14.3 Å². The number of hydrogen-bond acceptors (Lipinski definition) is 5. The molecule has 2 saturated heterocycles. The molecule has 0 aromatic carbocycles. The largest absolute Gasteiger partial charge is 0.370 e. The second-order valence-electron chi connectivity index (χ2n) is 4.08. The molecule has 9 nitrogen and oxygen atoms in total. The lowest BCUT2D eigenvalue weighted by Gasteiger charge is -2.23. The van der Waals surface area contributed by atoms with Crippen molar-refractivity contribution >= 4 is 0 Å². The summed E-state index contributed by atoms with van der Waals surface area (Å²) in [6, 6.07) is 0.776. The Bertz CT molecular complexity index is 630. The van der Waals surface area contributed by atoms with E-state index in [0.29, 0.717) is 6.61 Å². The Morgan fingerprint density at radius 3 is 3.11 bits per heavy atom. The maximum absolute atomic E-state index is 11.6. The lowest BCUT2D eigenvalue weighted by atomic mass is 10.1. The molecular weight excluding hydrogens is 242 g/mol. The average Bonchev–Trinajstić information content (AvgIpc) is 2.87. The zero-order chi connectivity index (χ0) is 12.7. The molecule has 94 valence electrons. The summed E-state index contributed by atoms with van der Waals surface area (Å²) in [7, 11) is 0. The zero-order valence-electron chi connectivity index (χ0n) is 9.09. The van der Waals surface area contributed by atoms with Crippen LogP contribution in [0.2, 0.25) is 0 Å². The number of H-pyrrole nitrogens is 1. The number of fused-ring (bicyclic) bond motifs is 2. The minimum absolute atomic E-state index is 0.336. The smallest absolute Gasteiger partial charge is 0.330 e. The third-order valence-electron chi connectivity index (χ3n) is 3.08.